The fraction of sp³-hybridized carbons (Fsp3) is 0.243. The van der Waals surface area contributed by atoms with Crippen LogP contribution >= 0.6 is 0 Å². The summed E-state index contributed by atoms with van der Waals surface area (Å²) >= 11 is 0. The van der Waals surface area contributed by atoms with Crippen LogP contribution < -0.4 is 4.90 Å². The summed E-state index contributed by atoms with van der Waals surface area (Å²) in [6.45, 7) is 1.51. The molecule has 0 N–H and O–H groups in total. The summed E-state index contributed by atoms with van der Waals surface area (Å²) in [6, 6.07) is 26.7. The lowest BCUT2D eigenvalue weighted by atomic mass is 9.70. The summed E-state index contributed by atoms with van der Waals surface area (Å²) in [5.41, 5.74) is 1.88. The molecule has 7 rings (SSSR count). The Balaban J connectivity index is 1.46. The van der Waals surface area contributed by atoms with Crippen LogP contribution in [0.5, 0.6) is 0 Å². The van der Waals surface area contributed by atoms with E-state index in [1.54, 1.807) is 36.3 Å². The molecule has 0 radical (unpaired) electrons. The first-order valence-electron chi connectivity index (χ1n) is 15.2. The number of ether oxygens (including phenoxy) is 1. The molecule has 45 heavy (non-hydrogen) atoms. The van der Waals surface area contributed by atoms with Crippen LogP contribution in [0, 0.1) is 5.92 Å². The SMILES string of the molecule is CO[C@@H]1CCN(c2ccnc3ccc(-c4cn(C(c5ccccc5)(c5ccccc5)C5C=CC=CC5)nc4C(F)(F)F)cc23)C1. The van der Waals surface area contributed by atoms with Gasteiger partial charge in [0.2, 0.25) is 0 Å². The predicted molar refractivity (Wildman–Crippen MR) is 171 cm³/mol. The number of halogens is 3. The molecular formula is C37H33F3N4O. The molecule has 0 saturated carbocycles. The van der Waals surface area contributed by atoms with Crippen LogP contribution in [0.4, 0.5) is 18.9 Å². The monoisotopic (exact) mass is 606 g/mol. The summed E-state index contributed by atoms with van der Waals surface area (Å²) in [5, 5.41) is 5.25. The van der Waals surface area contributed by atoms with Crippen LogP contribution in [-0.4, -0.2) is 41.1 Å². The standard InChI is InChI=1S/C37H33F3N4O/c1-45-30-20-22-43(24-30)34-19-21-41-33-18-17-26(23-31(33)34)32-25-44(42-35(32)37(38,39)40)36(27-11-5-2-6-12-27,28-13-7-3-8-14-28)29-15-9-4-10-16-29/h2-15,17-19,21,23,25,29-30H,16,20,22,24H2,1H3/t29?,30-/m1/s1. The molecule has 3 heterocycles. The first-order chi connectivity index (χ1) is 21.9. The Labute approximate surface area is 260 Å². The van der Waals surface area contributed by atoms with Gasteiger partial charge in [-0.3, -0.25) is 9.67 Å². The second-order valence-electron chi connectivity index (χ2n) is 11.6. The maximum absolute atomic E-state index is 15.0. The Morgan fingerprint density at radius 2 is 1.62 bits per heavy atom. The van der Waals surface area contributed by atoms with Gasteiger partial charge in [0.05, 0.1) is 11.6 Å². The van der Waals surface area contributed by atoms with E-state index in [2.05, 4.69) is 27.1 Å². The van der Waals surface area contributed by atoms with Gasteiger partial charge in [0, 0.05) is 55.1 Å². The average Bonchev–Trinajstić information content (AvgIpc) is 3.75. The van der Waals surface area contributed by atoms with Crippen molar-refractivity contribution in [2.75, 3.05) is 25.1 Å². The number of rotatable bonds is 7. The Bertz CT molecular complexity index is 1820. The lowest BCUT2D eigenvalue weighted by Gasteiger charge is -2.41. The highest BCUT2D eigenvalue weighted by atomic mass is 19.4. The van der Waals surface area contributed by atoms with Gasteiger partial charge in [-0.2, -0.15) is 18.3 Å². The summed E-state index contributed by atoms with van der Waals surface area (Å²) in [5.74, 6) is -0.197. The van der Waals surface area contributed by atoms with E-state index in [-0.39, 0.29) is 17.6 Å². The second kappa shape index (κ2) is 11.7. The van der Waals surface area contributed by atoms with Crippen molar-refractivity contribution >= 4 is 16.6 Å². The molecule has 1 fully saturated rings. The Morgan fingerprint density at radius 1 is 0.889 bits per heavy atom. The van der Waals surface area contributed by atoms with E-state index < -0.39 is 17.4 Å². The summed E-state index contributed by atoms with van der Waals surface area (Å²) < 4.78 is 52.0. The highest BCUT2D eigenvalue weighted by Gasteiger charge is 2.46. The molecule has 0 spiro atoms. The van der Waals surface area contributed by atoms with Crippen molar-refractivity contribution in [1.82, 2.24) is 14.8 Å². The van der Waals surface area contributed by atoms with Gasteiger partial charge < -0.3 is 9.64 Å². The number of hydrogen-bond acceptors (Lipinski definition) is 4. The minimum Gasteiger partial charge on any atom is -0.380 e. The van der Waals surface area contributed by atoms with Gasteiger partial charge in [-0.1, -0.05) is 91.0 Å². The number of alkyl halides is 3. The lowest BCUT2D eigenvalue weighted by molar-refractivity contribution is -0.141. The third-order valence-corrected chi connectivity index (χ3v) is 9.14. The highest BCUT2D eigenvalue weighted by molar-refractivity contribution is 5.95. The molecule has 8 heteroatoms. The quantitative estimate of drug-likeness (QED) is 0.187. The van der Waals surface area contributed by atoms with Crippen molar-refractivity contribution in [3.05, 3.63) is 138 Å². The van der Waals surface area contributed by atoms with E-state index in [1.807, 2.05) is 84.9 Å². The van der Waals surface area contributed by atoms with E-state index in [0.29, 0.717) is 18.5 Å². The number of allylic oxidation sites excluding steroid dienone is 4. The molecule has 1 saturated heterocycles. The third-order valence-electron chi connectivity index (χ3n) is 9.14. The minimum atomic E-state index is -4.69. The van der Waals surface area contributed by atoms with Crippen molar-refractivity contribution in [3.8, 4) is 11.1 Å². The van der Waals surface area contributed by atoms with Crippen LogP contribution in [0.3, 0.4) is 0 Å². The van der Waals surface area contributed by atoms with Gasteiger partial charge in [0.25, 0.3) is 0 Å². The molecule has 5 aromatic rings. The van der Waals surface area contributed by atoms with E-state index in [0.717, 1.165) is 40.7 Å². The number of aromatic nitrogens is 3. The number of anilines is 1. The van der Waals surface area contributed by atoms with Crippen molar-refractivity contribution in [1.29, 1.82) is 0 Å². The van der Waals surface area contributed by atoms with Crippen LogP contribution in [0.2, 0.25) is 0 Å². The fourth-order valence-corrected chi connectivity index (χ4v) is 6.99. The molecule has 1 aliphatic carbocycles. The second-order valence-corrected chi connectivity index (χ2v) is 11.6. The van der Waals surface area contributed by atoms with Crippen LogP contribution in [0.15, 0.2) is 122 Å². The van der Waals surface area contributed by atoms with Crippen LogP contribution in [0.25, 0.3) is 22.0 Å². The van der Waals surface area contributed by atoms with Gasteiger partial charge in [-0.15, -0.1) is 0 Å². The summed E-state index contributed by atoms with van der Waals surface area (Å²) in [7, 11) is 1.71. The van der Waals surface area contributed by atoms with Crippen molar-refractivity contribution in [2.45, 2.75) is 30.7 Å². The van der Waals surface area contributed by atoms with Gasteiger partial charge in [-0.05, 0) is 47.7 Å². The number of pyridine rings is 1. The largest absolute Gasteiger partial charge is 0.435 e. The van der Waals surface area contributed by atoms with Crippen LogP contribution in [0.1, 0.15) is 29.7 Å². The topological polar surface area (TPSA) is 43.2 Å². The average molecular weight is 607 g/mol. The Hall–Kier alpha value is -4.69. The molecule has 2 atom stereocenters. The van der Waals surface area contributed by atoms with E-state index in [4.69, 9.17) is 4.74 Å². The summed E-state index contributed by atoms with van der Waals surface area (Å²) in [4.78, 5) is 6.75. The highest BCUT2D eigenvalue weighted by Crippen LogP contribution is 2.47. The molecule has 2 aromatic heterocycles. The molecule has 228 valence electrons. The predicted octanol–water partition coefficient (Wildman–Crippen LogP) is 8.27. The molecule has 1 aliphatic heterocycles. The zero-order valence-electron chi connectivity index (χ0n) is 24.9. The zero-order chi connectivity index (χ0) is 31.0. The summed E-state index contributed by atoms with van der Waals surface area (Å²) in [6.07, 6.45) is 8.36. The Morgan fingerprint density at radius 3 is 2.24 bits per heavy atom. The normalized spacial score (nSPS) is 18.6. The van der Waals surface area contributed by atoms with Gasteiger partial charge in [0.15, 0.2) is 5.69 Å². The van der Waals surface area contributed by atoms with Crippen molar-refractivity contribution in [3.63, 3.8) is 0 Å². The molecule has 1 unspecified atom stereocenters. The lowest BCUT2D eigenvalue weighted by Crippen LogP contribution is -2.43. The number of hydrogen-bond donors (Lipinski definition) is 0. The van der Waals surface area contributed by atoms with Crippen molar-refractivity contribution < 1.29 is 17.9 Å². The van der Waals surface area contributed by atoms with Crippen molar-refractivity contribution in [2.24, 2.45) is 5.92 Å². The first-order valence-corrected chi connectivity index (χ1v) is 15.2. The number of benzene rings is 3. The minimum absolute atomic E-state index is 0.0296. The molecule has 2 aliphatic rings. The van der Waals surface area contributed by atoms with Gasteiger partial charge in [-0.25, -0.2) is 0 Å². The van der Waals surface area contributed by atoms with E-state index in [9.17, 15) is 13.2 Å². The zero-order valence-corrected chi connectivity index (χ0v) is 24.9. The van der Waals surface area contributed by atoms with E-state index in [1.165, 1.54) is 0 Å². The fourth-order valence-electron chi connectivity index (χ4n) is 6.99. The third kappa shape index (κ3) is 5.13. The molecule has 0 bridgehead atoms. The smallest absolute Gasteiger partial charge is 0.380 e. The van der Waals surface area contributed by atoms with E-state index >= 15 is 0 Å². The van der Waals surface area contributed by atoms with Gasteiger partial charge in [0.1, 0.15) is 5.54 Å². The number of nitrogens with zero attached hydrogens (tertiary/aromatic N) is 4. The van der Waals surface area contributed by atoms with Gasteiger partial charge >= 0.3 is 6.18 Å². The number of fused-ring (bicyclic) bond motifs is 1. The van der Waals surface area contributed by atoms with Crippen LogP contribution in [-0.2, 0) is 16.5 Å². The Kier molecular flexibility index (Phi) is 7.53. The number of methoxy groups -OCH3 is 1. The molecule has 5 nitrogen and oxygen atoms in total. The maximum atomic E-state index is 15.0. The molecular weight excluding hydrogens is 573 g/mol. The first kappa shape index (κ1) is 29.0. The molecule has 3 aromatic carbocycles. The maximum Gasteiger partial charge on any atom is 0.435 e. The molecule has 0 amide bonds.